The summed E-state index contributed by atoms with van der Waals surface area (Å²) in [6, 6.07) is 6.90. The van der Waals surface area contributed by atoms with Gasteiger partial charge in [-0.1, -0.05) is 30.4 Å². The maximum atomic E-state index is 12.0. The minimum Gasteiger partial charge on any atom is -0.321 e. The van der Waals surface area contributed by atoms with Crippen LogP contribution in [-0.2, 0) is 13.9 Å². The molecule has 0 aliphatic rings. The van der Waals surface area contributed by atoms with Crippen LogP contribution in [0.5, 0.6) is 0 Å². The lowest BCUT2D eigenvalue weighted by Crippen LogP contribution is -2.10. The summed E-state index contributed by atoms with van der Waals surface area (Å²) in [6.45, 7) is 1.86. The number of unbranched alkanes of at least 4 members (excludes halogenated alkanes) is 2. The van der Waals surface area contributed by atoms with Crippen LogP contribution in [0.15, 0.2) is 36.4 Å². The molecule has 1 aromatic rings. The number of carbonyl (C=O) groups excluding carboxylic acids is 1. The second-order valence-electron chi connectivity index (χ2n) is 4.17. The number of hydrogen-bond donors (Lipinski definition) is 1. The largest absolute Gasteiger partial charge is 0.359 e. The second-order valence-corrected chi connectivity index (χ2v) is 5.95. The fraction of sp³-hybridized carbons (Fsp3) is 0.357. The highest BCUT2D eigenvalue weighted by Gasteiger charge is 2.23. The van der Waals surface area contributed by atoms with Gasteiger partial charge in [-0.05, 0) is 31.4 Å². The van der Waals surface area contributed by atoms with E-state index in [1.165, 1.54) is 0 Å². The van der Waals surface area contributed by atoms with Crippen molar-refractivity contribution in [3.63, 3.8) is 0 Å². The molecule has 0 radical (unpaired) electrons. The predicted molar refractivity (Wildman–Crippen MR) is 75.6 cm³/mol. The van der Waals surface area contributed by atoms with E-state index in [1.807, 2.05) is 12.1 Å². The Balaban J connectivity index is 2.46. The molecular formula is C14H19O4P. The van der Waals surface area contributed by atoms with E-state index in [2.05, 4.69) is 0 Å². The molecule has 0 aliphatic heterocycles. The molecule has 0 aliphatic carbocycles. The molecule has 0 aromatic heterocycles. The Bertz CT molecular complexity index is 482. The van der Waals surface area contributed by atoms with Gasteiger partial charge in [-0.25, -0.2) is 0 Å². The first kappa shape index (κ1) is 15.8. The molecule has 0 heterocycles. The van der Waals surface area contributed by atoms with Crippen molar-refractivity contribution in [3.8, 4) is 0 Å². The van der Waals surface area contributed by atoms with E-state index in [9.17, 15) is 14.3 Å². The Hall–Kier alpha value is -1.22. The molecule has 1 N–H and O–H groups in total. The van der Waals surface area contributed by atoms with Crippen molar-refractivity contribution in [1.29, 1.82) is 0 Å². The summed E-state index contributed by atoms with van der Waals surface area (Å²) >= 11 is 0. The first-order valence-corrected chi connectivity index (χ1v) is 7.78. The lowest BCUT2D eigenvalue weighted by molar-refractivity contribution is -0.107. The van der Waals surface area contributed by atoms with Crippen LogP contribution in [0.3, 0.4) is 0 Å². The van der Waals surface area contributed by atoms with E-state index in [4.69, 9.17) is 4.52 Å². The summed E-state index contributed by atoms with van der Waals surface area (Å²) in [5.41, 5.74) is 0.739. The fourth-order valence-electron chi connectivity index (χ4n) is 1.60. The Morgan fingerprint density at radius 3 is 2.68 bits per heavy atom. The highest BCUT2D eigenvalue weighted by atomic mass is 31.2. The van der Waals surface area contributed by atoms with Crippen molar-refractivity contribution in [1.82, 2.24) is 0 Å². The van der Waals surface area contributed by atoms with E-state index in [-0.39, 0.29) is 6.61 Å². The first-order chi connectivity index (χ1) is 9.08. The van der Waals surface area contributed by atoms with Crippen molar-refractivity contribution in [2.45, 2.75) is 26.2 Å². The molecule has 4 nitrogen and oxygen atoms in total. The summed E-state index contributed by atoms with van der Waals surface area (Å²) < 4.78 is 17.1. The smallest absolute Gasteiger partial charge is 0.321 e. The molecule has 19 heavy (non-hydrogen) atoms. The third-order valence-electron chi connectivity index (χ3n) is 2.63. The molecule has 0 saturated heterocycles. The molecule has 1 rings (SSSR count). The summed E-state index contributed by atoms with van der Waals surface area (Å²) in [6.07, 6.45) is 6.52. The van der Waals surface area contributed by atoms with Crippen LogP contribution in [0.25, 0.3) is 0 Å². The van der Waals surface area contributed by atoms with Crippen molar-refractivity contribution in [2.75, 3.05) is 6.61 Å². The normalized spacial score (nSPS) is 14.4. The van der Waals surface area contributed by atoms with E-state index >= 15 is 0 Å². The minimum absolute atomic E-state index is 0.0865. The van der Waals surface area contributed by atoms with Gasteiger partial charge in [-0.2, -0.15) is 0 Å². The molecule has 1 aromatic carbocycles. The van der Waals surface area contributed by atoms with Gasteiger partial charge in [-0.3, -0.25) is 4.57 Å². The van der Waals surface area contributed by atoms with Crippen LogP contribution in [-0.4, -0.2) is 17.8 Å². The number of benzene rings is 1. The Morgan fingerprint density at radius 2 is 2.00 bits per heavy atom. The van der Waals surface area contributed by atoms with E-state index in [0.29, 0.717) is 11.7 Å². The highest BCUT2D eigenvalue weighted by molar-refractivity contribution is 7.61. The van der Waals surface area contributed by atoms with Crippen molar-refractivity contribution in [3.05, 3.63) is 42.0 Å². The molecule has 5 heteroatoms. The number of aryl methyl sites for hydroxylation is 1. The van der Waals surface area contributed by atoms with Gasteiger partial charge in [-0.15, -0.1) is 0 Å². The minimum atomic E-state index is -3.75. The zero-order chi connectivity index (χ0) is 14.1. The van der Waals surface area contributed by atoms with Crippen LogP contribution < -0.4 is 5.30 Å². The summed E-state index contributed by atoms with van der Waals surface area (Å²) in [4.78, 5) is 20.0. The topological polar surface area (TPSA) is 63.6 Å². The monoisotopic (exact) mass is 282 g/mol. The van der Waals surface area contributed by atoms with E-state index in [1.54, 1.807) is 31.2 Å². The lowest BCUT2D eigenvalue weighted by Gasteiger charge is -2.13. The zero-order valence-electron chi connectivity index (χ0n) is 11.0. The summed E-state index contributed by atoms with van der Waals surface area (Å²) in [5, 5.41) is 0.337. The molecule has 0 fully saturated rings. The quantitative estimate of drug-likeness (QED) is 0.344. The molecule has 104 valence electrons. The Labute approximate surface area is 113 Å². The van der Waals surface area contributed by atoms with Crippen LogP contribution in [0, 0.1) is 6.92 Å². The van der Waals surface area contributed by atoms with Crippen LogP contribution in [0.1, 0.15) is 24.8 Å². The maximum Gasteiger partial charge on any atom is 0.359 e. The van der Waals surface area contributed by atoms with Crippen LogP contribution in [0.2, 0.25) is 0 Å². The third kappa shape index (κ3) is 5.52. The van der Waals surface area contributed by atoms with E-state index in [0.717, 1.165) is 24.7 Å². The number of aldehydes is 1. The molecular weight excluding hydrogens is 263 g/mol. The van der Waals surface area contributed by atoms with Gasteiger partial charge in [0.05, 0.1) is 11.9 Å². The number of allylic oxidation sites excluding steroid dienone is 1. The van der Waals surface area contributed by atoms with Gasteiger partial charge in [0.25, 0.3) is 0 Å². The van der Waals surface area contributed by atoms with Gasteiger partial charge in [0.1, 0.15) is 6.29 Å². The van der Waals surface area contributed by atoms with Crippen LogP contribution >= 0.6 is 7.60 Å². The first-order valence-electron chi connectivity index (χ1n) is 6.20. The number of hydrogen-bond acceptors (Lipinski definition) is 3. The van der Waals surface area contributed by atoms with Gasteiger partial charge in [0, 0.05) is 6.42 Å². The summed E-state index contributed by atoms with van der Waals surface area (Å²) in [5.74, 6) is 0. The molecule has 1 unspecified atom stereocenters. The molecule has 0 spiro atoms. The van der Waals surface area contributed by atoms with Crippen molar-refractivity contribution >= 4 is 19.2 Å². The predicted octanol–water partition coefficient (Wildman–Crippen LogP) is 2.75. The van der Waals surface area contributed by atoms with Gasteiger partial charge < -0.3 is 14.2 Å². The SMILES string of the molecule is Cc1ccccc1P(=O)(O)OC/C=C/CCCC=O. The summed E-state index contributed by atoms with van der Waals surface area (Å²) in [7, 11) is -3.75. The Morgan fingerprint density at radius 1 is 1.26 bits per heavy atom. The number of rotatable bonds is 8. The highest BCUT2D eigenvalue weighted by Crippen LogP contribution is 2.41. The molecule has 0 amide bonds. The Kier molecular flexibility index (Phi) is 6.71. The van der Waals surface area contributed by atoms with Crippen molar-refractivity contribution < 1.29 is 18.8 Å². The standard InChI is InChI=1S/C14H19O4P/c1-13-9-5-6-10-14(13)19(16,17)18-12-8-4-2-3-7-11-15/h4-6,8-11H,2-3,7,12H2,1H3,(H,16,17)/b8-4+. The van der Waals surface area contributed by atoms with Crippen LogP contribution in [0.4, 0.5) is 0 Å². The molecule has 1 atom stereocenters. The third-order valence-corrected chi connectivity index (χ3v) is 4.23. The average Bonchev–Trinajstić information content (AvgIpc) is 2.38. The second kappa shape index (κ2) is 8.05. The number of carbonyl (C=O) groups is 1. The zero-order valence-corrected chi connectivity index (χ0v) is 11.9. The van der Waals surface area contributed by atoms with Crippen molar-refractivity contribution in [2.24, 2.45) is 0 Å². The van der Waals surface area contributed by atoms with E-state index < -0.39 is 7.60 Å². The fourth-order valence-corrected chi connectivity index (χ4v) is 2.82. The lowest BCUT2D eigenvalue weighted by atomic mass is 10.2. The molecule has 0 saturated carbocycles. The van der Waals surface area contributed by atoms with Gasteiger partial charge in [0.15, 0.2) is 0 Å². The average molecular weight is 282 g/mol. The van der Waals surface area contributed by atoms with Gasteiger partial charge in [0.2, 0.25) is 0 Å². The molecule has 0 bridgehead atoms. The van der Waals surface area contributed by atoms with Gasteiger partial charge >= 0.3 is 7.60 Å². The maximum absolute atomic E-state index is 12.0.